The van der Waals surface area contributed by atoms with Gasteiger partial charge in [0.1, 0.15) is 13.2 Å². The molecule has 0 radical (unpaired) electrons. The number of unbranched alkanes of at least 4 members (excludes halogenated alkanes) is 13. The maximum Gasteiger partial charge on any atom is 0.306 e. The second-order valence-corrected chi connectivity index (χ2v) is 15.0. The molecule has 0 bridgehead atoms. The number of carbonyl (C=O) groups is 3. The first-order valence-corrected chi connectivity index (χ1v) is 23.4. The van der Waals surface area contributed by atoms with E-state index in [1.54, 1.807) is 0 Å². The largest absolute Gasteiger partial charge is 0.462 e. The van der Waals surface area contributed by atoms with Crippen LogP contribution in [-0.2, 0) is 28.6 Å². The molecule has 6 nitrogen and oxygen atoms in total. The third-order valence-corrected chi connectivity index (χ3v) is 9.32. The van der Waals surface area contributed by atoms with E-state index in [0.717, 1.165) is 109 Å². The minimum Gasteiger partial charge on any atom is -0.462 e. The highest BCUT2D eigenvalue weighted by Gasteiger charge is 2.19. The van der Waals surface area contributed by atoms with Gasteiger partial charge in [-0.3, -0.25) is 14.4 Å². The Kier molecular flexibility index (Phi) is 43.6. The summed E-state index contributed by atoms with van der Waals surface area (Å²) in [5.74, 6) is -1.04. The van der Waals surface area contributed by atoms with Crippen LogP contribution in [0.1, 0.15) is 188 Å². The maximum atomic E-state index is 12.7. The van der Waals surface area contributed by atoms with Crippen molar-refractivity contribution in [1.29, 1.82) is 0 Å². The van der Waals surface area contributed by atoms with Crippen molar-refractivity contribution in [3.05, 3.63) is 109 Å². The molecule has 0 N–H and O–H groups in total. The summed E-state index contributed by atoms with van der Waals surface area (Å²) in [6, 6.07) is 0. The topological polar surface area (TPSA) is 78.9 Å². The van der Waals surface area contributed by atoms with E-state index >= 15 is 0 Å². The molecule has 0 fully saturated rings. The molecule has 0 heterocycles. The Morgan fingerprint density at radius 3 is 1.32 bits per heavy atom. The number of carbonyl (C=O) groups excluding carboxylic acids is 3. The van der Waals surface area contributed by atoms with E-state index in [-0.39, 0.29) is 44.0 Å². The number of hydrogen-bond acceptors (Lipinski definition) is 6. The quantitative estimate of drug-likeness (QED) is 0.0201. The first-order valence-electron chi connectivity index (χ1n) is 23.4. The van der Waals surface area contributed by atoms with Gasteiger partial charge in [-0.1, -0.05) is 182 Å². The van der Waals surface area contributed by atoms with Crippen LogP contribution in [0.3, 0.4) is 0 Å². The summed E-state index contributed by atoms with van der Waals surface area (Å²) in [7, 11) is 0. The lowest BCUT2D eigenvalue weighted by Crippen LogP contribution is -2.30. The van der Waals surface area contributed by atoms with E-state index in [1.165, 1.54) is 32.1 Å². The highest BCUT2D eigenvalue weighted by atomic mass is 16.6. The van der Waals surface area contributed by atoms with Gasteiger partial charge in [0, 0.05) is 19.3 Å². The predicted octanol–water partition coefficient (Wildman–Crippen LogP) is 15.2. The first-order chi connectivity index (χ1) is 29.0. The van der Waals surface area contributed by atoms with Gasteiger partial charge in [0.05, 0.1) is 0 Å². The van der Waals surface area contributed by atoms with Crippen molar-refractivity contribution in [2.45, 2.75) is 194 Å². The van der Waals surface area contributed by atoms with Gasteiger partial charge in [-0.15, -0.1) is 0 Å². The van der Waals surface area contributed by atoms with Gasteiger partial charge in [-0.2, -0.15) is 0 Å². The molecule has 0 aromatic rings. The Labute approximate surface area is 361 Å². The molecule has 0 aliphatic carbocycles. The lowest BCUT2D eigenvalue weighted by Gasteiger charge is -2.18. The van der Waals surface area contributed by atoms with E-state index in [0.29, 0.717) is 12.8 Å². The monoisotopic (exact) mass is 817 g/mol. The number of ether oxygens (including phenoxy) is 3. The number of esters is 3. The second-order valence-electron chi connectivity index (χ2n) is 15.0. The zero-order valence-electron chi connectivity index (χ0n) is 37.7. The fourth-order valence-corrected chi connectivity index (χ4v) is 5.84. The molecular formula is C53H84O6. The van der Waals surface area contributed by atoms with Crippen molar-refractivity contribution in [1.82, 2.24) is 0 Å². The molecule has 332 valence electrons. The van der Waals surface area contributed by atoms with Gasteiger partial charge >= 0.3 is 17.9 Å². The van der Waals surface area contributed by atoms with E-state index in [2.05, 4.69) is 112 Å². The standard InChI is InChI=1S/C53H84O6/c1-4-7-10-13-16-19-22-25-26-27-29-31-34-37-40-43-46-52(55)58-49-50(48-57-51(54)45-42-39-36-33-30-24-21-18-15-12-9-6-3)59-53(56)47-44-41-38-35-32-28-23-20-17-14-11-8-5-2/h7-8,10-11,14,16-21,23,25-26,29,31,37,40,50H,4-6,9,12-13,15,22,24,27-28,30,32-36,38-39,41-49H2,1-3H3/b10-7-,11-8-,17-14-,19-16-,21-18-,23-20-,26-25-,31-29-,40-37-. The minimum atomic E-state index is -0.822. The van der Waals surface area contributed by atoms with Crippen molar-refractivity contribution in [3.8, 4) is 0 Å². The Morgan fingerprint density at radius 1 is 0.373 bits per heavy atom. The van der Waals surface area contributed by atoms with Crippen LogP contribution in [0.4, 0.5) is 0 Å². The Bertz CT molecular complexity index is 1260. The second kappa shape index (κ2) is 46.8. The molecule has 1 unspecified atom stereocenters. The van der Waals surface area contributed by atoms with Crippen LogP contribution in [0.25, 0.3) is 0 Å². The van der Waals surface area contributed by atoms with Crippen molar-refractivity contribution in [2.24, 2.45) is 0 Å². The first kappa shape index (κ1) is 55.1. The van der Waals surface area contributed by atoms with Crippen molar-refractivity contribution in [3.63, 3.8) is 0 Å². The lowest BCUT2D eigenvalue weighted by molar-refractivity contribution is -0.166. The van der Waals surface area contributed by atoms with Gasteiger partial charge in [-0.25, -0.2) is 0 Å². The van der Waals surface area contributed by atoms with E-state index in [9.17, 15) is 14.4 Å². The van der Waals surface area contributed by atoms with Crippen LogP contribution in [-0.4, -0.2) is 37.2 Å². The van der Waals surface area contributed by atoms with Crippen molar-refractivity contribution < 1.29 is 28.6 Å². The summed E-state index contributed by atoms with van der Waals surface area (Å²) in [4.78, 5) is 37.8. The van der Waals surface area contributed by atoms with Crippen molar-refractivity contribution in [2.75, 3.05) is 13.2 Å². The molecule has 0 aromatic carbocycles. The zero-order valence-corrected chi connectivity index (χ0v) is 37.7. The number of hydrogen-bond donors (Lipinski definition) is 0. The van der Waals surface area contributed by atoms with Crippen LogP contribution in [0.15, 0.2) is 109 Å². The summed E-state index contributed by atoms with van der Waals surface area (Å²) in [6.07, 6.45) is 62.2. The highest BCUT2D eigenvalue weighted by Crippen LogP contribution is 2.12. The van der Waals surface area contributed by atoms with Gasteiger partial charge < -0.3 is 14.2 Å². The molecule has 1 atom stereocenters. The molecule has 0 aromatic heterocycles. The van der Waals surface area contributed by atoms with Crippen LogP contribution in [0.2, 0.25) is 0 Å². The molecular weight excluding hydrogens is 733 g/mol. The van der Waals surface area contributed by atoms with E-state index in [1.807, 2.05) is 18.2 Å². The molecule has 0 amide bonds. The molecule has 6 heteroatoms. The summed E-state index contributed by atoms with van der Waals surface area (Å²) in [5.41, 5.74) is 0. The molecule has 0 spiro atoms. The smallest absolute Gasteiger partial charge is 0.306 e. The Morgan fingerprint density at radius 2 is 0.780 bits per heavy atom. The molecule has 0 aliphatic heterocycles. The van der Waals surface area contributed by atoms with Gasteiger partial charge in [0.15, 0.2) is 6.10 Å². The SMILES string of the molecule is CC\C=C/C=C\C=C/CCCCCCCC(=O)OC(COC(=O)CC/C=C\C/C=C\C/C=C\C/C=C\C/C=C\CC)COC(=O)CCCCCCC/C=C\CCCCC. The average Bonchev–Trinajstić information content (AvgIpc) is 3.23. The summed E-state index contributed by atoms with van der Waals surface area (Å²) < 4.78 is 16.6. The third-order valence-electron chi connectivity index (χ3n) is 9.32. The molecule has 0 saturated carbocycles. The normalized spacial score (nSPS) is 13.1. The lowest BCUT2D eigenvalue weighted by atomic mass is 10.1. The van der Waals surface area contributed by atoms with Crippen molar-refractivity contribution >= 4 is 17.9 Å². The third kappa shape index (κ3) is 45.0. The van der Waals surface area contributed by atoms with Gasteiger partial charge in [0.2, 0.25) is 0 Å². The summed E-state index contributed by atoms with van der Waals surface area (Å²) in [5, 5.41) is 0. The molecule has 59 heavy (non-hydrogen) atoms. The van der Waals surface area contributed by atoms with E-state index < -0.39 is 6.10 Å². The minimum absolute atomic E-state index is 0.116. The van der Waals surface area contributed by atoms with E-state index in [4.69, 9.17) is 14.2 Å². The molecule has 0 saturated heterocycles. The number of allylic oxidation sites excluding steroid dienone is 18. The van der Waals surface area contributed by atoms with Crippen LogP contribution in [0.5, 0.6) is 0 Å². The van der Waals surface area contributed by atoms with Crippen LogP contribution >= 0.6 is 0 Å². The molecule has 0 rings (SSSR count). The number of rotatable bonds is 40. The summed E-state index contributed by atoms with van der Waals surface area (Å²) >= 11 is 0. The van der Waals surface area contributed by atoms with Crippen LogP contribution < -0.4 is 0 Å². The van der Waals surface area contributed by atoms with Gasteiger partial charge in [0.25, 0.3) is 0 Å². The fraction of sp³-hybridized carbons (Fsp3) is 0.604. The zero-order chi connectivity index (χ0) is 43.0. The Hall–Kier alpha value is -3.93. The fourth-order valence-electron chi connectivity index (χ4n) is 5.84. The van der Waals surface area contributed by atoms with Crippen LogP contribution in [0, 0.1) is 0 Å². The summed E-state index contributed by atoms with van der Waals surface area (Å²) in [6.45, 7) is 6.24. The predicted molar refractivity (Wildman–Crippen MR) is 251 cm³/mol. The molecule has 0 aliphatic rings. The van der Waals surface area contributed by atoms with Gasteiger partial charge in [-0.05, 0) is 96.3 Å². The maximum absolute atomic E-state index is 12.7. The Balaban J connectivity index is 4.56. The highest BCUT2D eigenvalue weighted by molar-refractivity contribution is 5.71. The average molecular weight is 817 g/mol.